The monoisotopic (exact) mass is 408 g/mol. The van der Waals surface area contributed by atoms with Crippen molar-refractivity contribution in [3.8, 4) is 11.5 Å². The van der Waals surface area contributed by atoms with Gasteiger partial charge in [0.15, 0.2) is 0 Å². The highest BCUT2D eigenvalue weighted by Crippen LogP contribution is 2.20. The number of ether oxygens (including phenoxy) is 2. The number of carbonyl (C=O) groups is 1. The molecule has 3 rings (SSSR count). The minimum absolute atomic E-state index is 0.00115. The van der Waals surface area contributed by atoms with E-state index in [2.05, 4.69) is 11.9 Å². The molecule has 0 bridgehead atoms. The van der Waals surface area contributed by atoms with Crippen molar-refractivity contribution in [1.29, 1.82) is 0 Å². The molecule has 0 radical (unpaired) electrons. The summed E-state index contributed by atoms with van der Waals surface area (Å²) < 4.78 is 10.5. The van der Waals surface area contributed by atoms with E-state index in [1.807, 2.05) is 48.5 Å². The van der Waals surface area contributed by atoms with Gasteiger partial charge in [-0.2, -0.15) is 0 Å². The summed E-state index contributed by atoms with van der Waals surface area (Å²) in [5.74, 6) is 1.48. The van der Waals surface area contributed by atoms with E-state index < -0.39 is 0 Å². The van der Waals surface area contributed by atoms with E-state index in [9.17, 15) is 9.59 Å². The molecule has 0 aliphatic heterocycles. The second-order valence-corrected chi connectivity index (χ2v) is 7.27. The second kappa shape index (κ2) is 9.96. The van der Waals surface area contributed by atoms with Gasteiger partial charge in [-0.05, 0) is 48.4 Å². The smallest absolute Gasteiger partial charge is 0.253 e. The van der Waals surface area contributed by atoms with Crippen molar-refractivity contribution >= 4 is 16.8 Å². The first-order valence-corrected chi connectivity index (χ1v) is 10.1. The predicted molar refractivity (Wildman–Crippen MR) is 118 cm³/mol. The molecule has 0 spiro atoms. The first kappa shape index (κ1) is 21.4. The molecule has 1 N–H and O–H groups in total. The molecule has 1 amide bonds. The molecule has 0 aliphatic rings. The Morgan fingerprint density at radius 3 is 2.37 bits per heavy atom. The molecule has 30 heavy (non-hydrogen) atoms. The maximum Gasteiger partial charge on any atom is 0.253 e. The highest BCUT2D eigenvalue weighted by molar-refractivity contribution is 5.81. The summed E-state index contributed by atoms with van der Waals surface area (Å²) in [5, 5.41) is 0.877. The topological polar surface area (TPSA) is 71.6 Å². The van der Waals surface area contributed by atoms with Gasteiger partial charge in [0.25, 0.3) is 5.56 Å². The number of rotatable bonds is 9. The van der Waals surface area contributed by atoms with Crippen LogP contribution in [0, 0.1) is 0 Å². The first-order chi connectivity index (χ1) is 14.5. The SMILES string of the molecule is CCCCN(Cc1cc2cc(OC)ccc2[nH]c1=O)C(=O)Cc1ccc(OC)cc1. The molecule has 0 saturated carbocycles. The summed E-state index contributed by atoms with van der Waals surface area (Å²) in [5.41, 5.74) is 2.05. The number of amides is 1. The van der Waals surface area contributed by atoms with Gasteiger partial charge in [0.05, 0.1) is 27.2 Å². The third-order valence-corrected chi connectivity index (χ3v) is 5.14. The second-order valence-electron chi connectivity index (χ2n) is 7.27. The summed E-state index contributed by atoms with van der Waals surface area (Å²) >= 11 is 0. The van der Waals surface area contributed by atoms with Crippen molar-refractivity contribution in [3.63, 3.8) is 0 Å². The number of nitrogens with one attached hydrogen (secondary N) is 1. The Hall–Kier alpha value is -3.28. The van der Waals surface area contributed by atoms with Crippen LogP contribution >= 0.6 is 0 Å². The lowest BCUT2D eigenvalue weighted by atomic mass is 10.1. The number of hydrogen-bond donors (Lipinski definition) is 1. The molecule has 1 aromatic heterocycles. The summed E-state index contributed by atoms with van der Waals surface area (Å²) in [6.45, 7) is 2.97. The van der Waals surface area contributed by atoms with Crippen molar-refractivity contribution in [3.05, 3.63) is 70.0 Å². The Balaban J connectivity index is 1.83. The summed E-state index contributed by atoms with van der Waals surface area (Å²) in [6.07, 6.45) is 2.14. The molecule has 0 unspecified atom stereocenters. The highest BCUT2D eigenvalue weighted by atomic mass is 16.5. The van der Waals surface area contributed by atoms with Crippen LogP contribution in [-0.4, -0.2) is 36.6 Å². The Morgan fingerprint density at radius 1 is 1.00 bits per heavy atom. The minimum Gasteiger partial charge on any atom is -0.497 e. The van der Waals surface area contributed by atoms with Gasteiger partial charge in [-0.25, -0.2) is 0 Å². The number of carbonyl (C=O) groups excluding carboxylic acids is 1. The van der Waals surface area contributed by atoms with Gasteiger partial charge in [0.1, 0.15) is 11.5 Å². The van der Waals surface area contributed by atoms with Crippen molar-refractivity contribution < 1.29 is 14.3 Å². The van der Waals surface area contributed by atoms with E-state index >= 15 is 0 Å². The lowest BCUT2D eigenvalue weighted by Crippen LogP contribution is -2.34. The quantitative estimate of drug-likeness (QED) is 0.583. The van der Waals surface area contributed by atoms with Crippen LogP contribution in [0.3, 0.4) is 0 Å². The zero-order chi connectivity index (χ0) is 21.5. The van der Waals surface area contributed by atoms with Crippen LogP contribution in [0.15, 0.2) is 53.3 Å². The van der Waals surface area contributed by atoms with Crippen molar-refractivity contribution in [2.24, 2.45) is 0 Å². The van der Waals surface area contributed by atoms with Gasteiger partial charge < -0.3 is 19.4 Å². The first-order valence-electron chi connectivity index (χ1n) is 10.1. The molecule has 0 fully saturated rings. The lowest BCUT2D eigenvalue weighted by molar-refractivity contribution is -0.131. The van der Waals surface area contributed by atoms with Gasteiger partial charge in [-0.1, -0.05) is 25.5 Å². The molecule has 0 atom stereocenters. The number of H-pyrrole nitrogens is 1. The number of fused-ring (bicyclic) bond motifs is 1. The Bertz CT molecular complexity index is 1060. The molecule has 6 heteroatoms. The van der Waals surface area contributed by atoms with E-state index in [-0.39, 0.29) is 24.4 Å². The number of hydrogen-bond acceptors (Lipinski definition) is 4. The van der Waals surface area contributed by atoms with E-state index in [4.69, 9.17) is 9.47 Å². The van der Waals surface area contributed by atoms with Crippen LogP contribution in [0.2, 0.25) is 0 Å². The fourth-order valence-corrected chi connectivity index (χ4v) is 3.35. The van der Waals surface area contributed by atoms with Crippen molar-refractivity contribution in [2.75, 3.05) is 20.8 Å². The number of aromatic nitrogens is 1. The summed E-state index contributed by atoms with van der Waals surface area (Å²) in [6, 6.07) is 14.8. The van der Waals surface area contributed by atoms with Gasteiger partial charge in [-0.3, -0.25) is 9.59 Å². The van der Waals surface area contributed by atoms with E-state index in [0.29, 0.717) is 12.1 Å². The Kier molecular flexibility index (Phi) is 7.12. The summed E-state index contributed by atoms with van der Waals surface area (Å²) in [7, 11) is 3.22. The average Bonchev–Trinajstić information content (AvgIpc) is 2.77. The molecule has 1 heterocycles. The molecule has 158 valence electrons. The number of benzene rings is 2. The molecule has 0 aliphatic carbocycles. The third kappa shape index (κ3) is 5.20. The van der Waals surface area contributed by atoms with Crippen molar-refractivity contribution in [2.45, 2.75) is 32.7 Å². The maximum atomic E-state index is 13.0. The summed E-state index contributed by atoms with van der Waals surface area (Å²) in [4.78, 5) is 30.3. The normalized spacial score (nSPS) is 10.8. The predicted octanol–water partition coefficient (Wildman–Crippen LogP) is 3.92. The van der Waals surface area contributed by atoms with Gasteiger partial charge in [0.2, 0.25) is 5.91 Å². The zero-order valence-electron chi connectivity index (χ0n) is 17.7. The van der Waals surface area contributed by atoms with Gasteiger partial charge in [-0.15, -0.1) is 0 Å². The maximum absolute atomic E-state index is 13.0. The average molecular weight is 408 g/mol. The Labute approximate surface area is 176 Å². The number of nitrogens with zero attached hydrogens (tertiary/aromatic N) is 1. The largest absolute Gasteiger partial charge is 0.497 e. The van der Waals surface area contributed by atoms with Crippen LogP contribution < -0.4 is 15.0 Å². The molecular formula is C24H28N2O4. The van der Waals surface area contributed by atoms with Crippen LogP contribution in [0.4, 0.5) is 0 Å². The molecule has 3 aromatic rings. The van der Waals surface area contributed by atoms with E-state index in [0.717, 1.165) is 40.8 Å². The standard InChI is InChI=1S/C24H28N2O4/c1-4-5-12-26(23(27)13-17-6-8-20(29-2)9-7-17)16-19-14-18-15-21(30-3)10-11-22(18)25-24(19)28/h6-11,14-15H,4-5,12-13,16H2,1-3H3,(H,25,28). The zero-order valence-corrected chi connectivity index (χ0v) is 17.7. The number of pyridine rings is 1. The van der Waals surface area contributed by atoms with E-state index in [1.54, 1.807) is 19.1 Å². The molecular weight excluding hydrogens is 380 g/mol. The van der Waals surface area contributed by atoms with Gasteiger partial charge in [0, 0.05) is 23.0 Å². The fourth-order valence-electron chi connectivity index (χ4n) is 3.35. The number of aromatic amines is 1. The fraction of sp³-hybridized carbons (Fsp3) is 0.333. The molecule has 2 aromatic carbocycles. The highest BCUT2D eigenvalue weighted by Gasteiger charge is 2.16. The lowest BCUT2D eigenvalue weighted by Gasteiger charge is -2.23. The minimum atomic E-state index is -0.175. The van der Waals surface area contributed by atoms with Crippen LogP contribution in [-0.2, 0) is 17.8 Å². The van der Waals surface area contributed by atoms with Crippen molar-refractivity contribution in [1.82, 2.24) is 9.88 Å². The van der Waals surface area contributed by atoms with Crippen LogP contribution in [0.25, 0.3) is 10.9 Å². The van der Waals surface area contributed by atoms with E-state index in [1.165, 1.54) is 0 Å². The Morgan fingerprint density at radius 2 is 1.70 bits per heavy atom. The third-order valence-electron chi connectivity index (χ3n) is 5.14. The number of methoxy groups -OCH3 is 2. The van der Waals surface area contributed by atoms with Crippen LogP contribution in [0.1, 0.15) is 30.9 Å². The molecule has 0 saturated heterocycles. The molecule has 6 nitrogen and oxygen atoms in total. The van der Waals surface area contributed by atoms with Gasteiger partial charge >= 0.3 is 0 Å². The number of unbranched alkanes of at least 4 members (excludes halogenated alkanes) is 1. The van der Waals surface area contributed by atoms with Crippen LogP contribution in [0.5, 0.6) is 11.5 Å².